The molecule has 1 atom stereocenters. The minimum Gasteiger partial charge on any atom is -0.351 e. The van der Waals surface area contributed by atoms with Gasteiger partial charge < -0.3 is 10.6 Å². The SMILES string of the molecule is CSC(C)CNC(=O)c1ccc2c(c1)CNCC2. The van der Waals surface area contributed by atoms with E-state index in [0.717, 1.165) is 31.6 Å². The van der Waals surface area contributed by atoms with Gasteiger partial charge in [-0.1, -0.05) is 13.0 Å². The number of carbonyl (C=O) groups excluding carboxylic acids is 1. The van der Waals surface area contributed by atoms with Crippen LogP contribution in [0.5, 0.6) is 0 Å². The molecule has 1 heterocycles. The molecule has 2 N–H and O–H groups in total. The number of hydrogen-bond donors (Lipinski definition) is 2. The summed E-state index contributed by atoms with van der Waals surface area (Å²) in [5, 5.41) is 6.76. The molecule has 0 saturated heterocycles. The molecule has 1 aromatic rings. The number of fused-ring (bicyclic) bond motifs is 1. The molecular formula is C14H20N2OS. The van der Waals surface area contributed by atoms with E-state index in [1.54, 1.807) is 11.8 Å². The second kappa shape index (κ2) is 6.25. The van der Waals surface area contributed by atoms with Gasteiger partial charge in [-0.05, 0) is 42.5 Å². The zero-order valence-corrected chi connectivity index (χ0v) is 11.8. The average molecular weight is 264 g/mol. The lowest BCUT2D eigenvalue weighted by Gasteiger charge is -2.18. The summed E-state index contributed by atoms with van der Waals surface area (Å²) in [5.74, 6) is 0.0317. The Morgan fingerprint density at radius 2 is 2.33 bits per heavy atom. The molecular weight excluding hydrogens is 244 g/mol. The Hall–Kier alpha value is -1.00. The van der Waals surface area contributed by atoms with Crippen molar-refractivity contribution in [1.29, 1.82) is 0 Å². The van der Waals surface area contributed by atoms with Gasteiger partial charge in [0, 0.05) is 23.9 Å². The van der Waals surface area contributed by atoms with E-state index in [2.05, 4.69) is 29.9 Å². The Kier molecular flexibility index (Phi) is 4.66. The number of carbonyl (C=O) groups is 1. The molecule has 1 unspecified atom stereocenters. The van der Waals surface area contributed by atoms with E-state index in [1.807, 2.05) is 12.1 Å². The molecule has 0 radical (unpaired) electrons. The smallest absolute Gasteiger partial charge is 0.251 e. The summed E-state index contributed by atoms with van der Waals surface area (Å²) in [6.07, 6.45) is 3.11. The van der Waals surface area contributed by atoms with E-state index in [9.17, 15) is 4.79 Å². The molecule has 1 amide bonds. The van der Waals surface area contributed by atoms with Crippen molar-refractivity contribution in [2.75, 3.05) is 19.3 Å². The third-order valence-electron chi connectivity index (χ3n) is 3.31. The number of benzene rings is 1. The maximum Gasteiger partial charge on any atom is 0.251 e. The molecule has 0 fully saturated rings. The summed E-state index contributed by atoms with van der Waals surface area (Å²) in [4.78, 5) is 12.0. The molecule has 0 spiro atoms. The maximum absolute atomic E-state index is 12.0. The summed E-state index contributed by atoms with van der Waals surface area (Å²) >= 11 is 1.76. The lowest BCUT2D eigenvalue weighted by molar-refractivity contribution is 0.0954. The van der Waals surface area contributed by atoms with Crippen molar-refractivity contribution in [3.8, 4) is 0 Å². The first-order valence-electron chi connectivity index (χ1n) is 6.34. The molecule has 0 aliphatic carbocycles. The second-order valence-electron chi connectivity index (χ2n) is 4.67. The molecule has 0 bridgehead atoms. The van der Waals surface area contributed by atoms with Crippen LogP contribution >= 0.6 is 11.8 Å². The van der Waals surface area contributed by atoms with Crippen LogP contribution in [-0.4, -0.2) is 30.5 Å². The lowest BCUT2D eigenvalue weighted by Crippen LogP contribution is -2.30. The molecule has 0 aromatic heterocycles. The molecule has 3 nitrogen and oxygen atoms in total. The largest absolute Gasteiger partial charge is 0.351 e. The summed E-state index contributed by atoms with van der Waals surface area (Å²) < 4.78 is 0. The standard InChI is InChI=1S/C14H20N2OS/c1-10(18-2)8-16-14(17)12-4-3-11-5-6-15-9-13(11)7-12/h3-4,7,10,15H,5-6,8-9H2,1-2H3,(H,16,17). The van der Waals surface area contributed by atoms with E-state index in [1.165, 1.54) is 11.1 Å². The van der Waals surface area contributed by atoms with Gasteiger partial charge in [-0.3, -0.25) is 4.79 Å². The van der Waals surface area contributed by atoms with Crippen molar-refractivity contribution >= 4 is 17.7 Å². The Morgan fingerprint density at radius 1 is 1.50 bits per heavy atom. The van der Waals surface area contributed by atoms with Gasteiger partial charge in [-0.25, -0.2) is 0 Å². The van der Waals surface area contributed by atoms with Crippen molar-refractivity contribution in [2.24, 2.45) is 0 Å². The van der Waals surface area contributed by atoms with E-state index >= 15 is 0 Å². The minimum atomic E-state index is 0.0317. The van der Waals surface area contributed by atoms with E-state index in [-0.39, 0.29) is 5.91 Å². The molecule has 1 aliphatic heterocycles. The summed E-state index contributed by atoms with van der Waals surface area (Å²) in [7, 11) is 0. The minimum absolute atomic E-state index is 0.0317. The first-order valence-corrected chi connectivity index (χ1v) is 7.63. The Morgan fingerprint density at radius 3 is 3.11 bits per heavy atom. The van der Waals surface area contributed by atoms with Crippen LogP contribution in [-0.2, 0) is 13.0 Å². The van der Waals surface area contributed by atoms with Crippen molar-refractivity contribution in [2.45, 2.75) is 25.1 Å². The molecule has 4 heteroatoms. The monoisotopic (exact) mass is 264 g/mol. The van der Waals surface area contributed by atoms with Crippen LogP contribution in [0.1, 0.15) is 28.4 Å². The lowest BCUT2D eigenvalue weighted by atomic mass is 9.98. The summed E-state index contributed by atoms with van der Waals surface area (Å²) in [6.45, 7) is 4.73. The van der Waals surface area contributed by atoms with Gasteiger partial charge in [-0.2, -0.15) is 11.8 Å². The predicted octanol–water partition coefficient (Wildman–Crippen LogP) is 1.81. The third kappa shape index (κ3) is 3.27. The zero-order chi connectivity index (χ0) is 13.0. The fourth-order valence-electron chi connectivity index (χ4n) is 2.04. The predicted molar refractivity (Wildman–Crippen MR) is 77.2 cm³/mol. The fourth-order valence-corrected chi connectivity index (χ4v) is 2.29. The number of thioether (sulfide) groups is 1. The Bertz CT molecular complexity index is 434. The first kappa shape index (κ1) is 13.4. The number of hydrogen-bond acceptors (Lipinski definition) is 3. The molecule has 98 valence electrons. The van der Waals surface area contributed by atoms with Gasteiger partial charge in [0.15, 0.2) is 0 Å². The van der Waals surface area contributed by atoms with E-state index in [0.29, 0.717) is 5.25 Å². The second-order valence-corrected chi connectivity index (χ2v) is 5.94. The van der Waals surface area contributed by atoms with Crippen LogP contribution in [0.3, 0.4) is 0 Å². The molecule has 18 heavy (non-hydrogen) atoms. The maximum atomic E-state index is 12.0. The highest BCUT2D eigenvalue weighted by Crippen LogP contribution is 2.16. The van der Waals surface area contributed by atoms with Gasteiger partial charge in [0.2, 0.25) is 0 Å². The molecule has 2 rings (SSSR count). The normalized spacial score (nSPS) is 15.9. The van der Waals surface area contributed by atoms with Crippen molar-refractivity contribution in [1.82, 2.24) is 10.6 Å². The first-order chi connectivity index (χ1) is 8.70. The number of rotatable bonds is 4. The van der Waals surface area contributed by atoms with Crippen LogP contribution in [0.2, 0.25) is 0 Å². The quantitative estimate of drug-likeness (QED) is 0.871. The van der Waals surface area contributed by atoms with Crippen LogP contribution in [0.4, 0.5) is 0 Å². The highest BCUT2D eigenvalue weighted by atomic mass is 32.2. The Balaban J connectivity index is 2.02. The van der Waals surface area contributed by atoms with Crippen molar-refractivity contribution < 1.29 is 4.79 Å². The molecule has 1 aromatic carbocycles. The van der Waals surface area contributed by atoms with Gasteiger partial charge in [-0.15, -0.1) is 0 Å². The Labute approximate surface area is 113 Å². The van der Waals surface area contributed by atoms with E-state index < -0.39 is 0 Å². The molecule has 1 aliphatic rings. The van der Waals surface area contributed by atoms with Crippen LogP contribution in [0.25, 0.3) is 0 Å². The fraction of sp³-hybridized carbons (Fsp3) is 0.500. The number of nitrogens with one attached hydrogen (secondary N) is 2. The van der Waals surface area contributed by atoms with Gasteiger partial charge in [0.1, 0.15) is 0 Å². The van der Waals surface area contributed by atoms with Crippen molar-refractivity contribution in [3.63, 3.8) is 0 Å². The van der Waals surface area contributed by atoms with Crippen LogP contribution in [0.15, 0.2) is 18.2 Å². The van der Waals surface area contributed by atoms with Crippen LogP contribution < -0.4 is 10.6 Å². The summed E-state index contributed by atoms with van der Waals surface area (Å²) in [5.41, 5.74) is 3.39. The average Bonchev–Trinajstić information content (AvgIpc) is 2.43. The van der Waals surface area contributed by atoms with Gasteiger partial charge in [0.25, 0.3) is 5.91 Å². The highest BCUT2D eigenvalue weighted by Gasteiger charge is 2.12. The van der Waals surface area contributed by atoms with Gasteiger partial charge >= 0.3 is 0 Å². The number of amides is 1. The summed E-state index contributed by atoms with van der Waals surface area (Å²) in [6, 6.07) is 6.03. The van der Waals surface area contributed by atoms with Crippen LogP contribution in [0, 0.1) is 0 Å². The third-order valence-corrected chi connectivity index (χ3v) is 4.28. The molecule has 0 saturated carbocycles. The van der Waals surface area contributed by atoms with Crippen molar-refractivity contribution in [3.05, 3.63) is 34.9 Å². The topological polar surface area (TPSA) is 41.1 Å². The van der Waals surface area contributed by atoms with Gasteiger partial charge in [0.05, 0.1) is 0 Å². The zero-order valence-electron chi connectivity index (χ0n) is 11.0. The highest BCUT2D eigenvalue weighted by molar-refractivity contribution is 7.99. The van der Waals surface area contributed by atoms with E-state index in [4.69, 9.17) is 0 Å².